The number of hydrogen-bond acceptors (Lipinski definition) is 5. The lowest BCUT2D eigenvalue weighted by Gasteiger charge is -2.11. The fourth-order valence-electron chi connectivity index (χ4n) is 1.62. The first kappa shape index (κ1) is 15.5. The van der Waals surface area contributed by atoms with Gasteiger partial charge in [0.1, 0.15) is 10.7 Å². The van der Waals surface area contributed by atoms with Gasteiger partial charge in [0.2, 0.25) is 0 Å². The van der Waals surface area contributed by atoms with Gasteiger partial charge in [-0.3, -0.25) is 4.72 Å². The number of nitrogens with one attached hydrogen (secondary N) is 2. The van der Waals surface area contributed by atoms with Gasteiger partial charge in [0.15, 0.2) is 5.82 Å². The van der Waals surface area contributed by atoms with Gasteiger partial charge in [0, 0.05) is 6.20 Å². The Morgan fingerprint density at radius 1 is 1.33 bits per heavy atom. The van der Waals surface area contributed by atoms with Gasteiger partial charge in [-0.25, -0.2) is 23.6 Å². The van der Waals surface area contributed by atoms with Crippen LogP contribution in [0.1, 0.15) is 5.56 Å². The minimum Gasteiger partial charge on any atom is -0.307 e. The first-order valence-electron chi connectivity index (χ1n) is 5.74. The Hall–Kier alpha value is -1.90. The molecule has 9 heteroatoms. The number of anilines is 2. The quantitative estimate of drug-likeness (QED) is 0.590. The normalized spacial score (nSPS) is 11.2. The lowest BCUT2D eigenvalue weighted by Crippen LogP contribution is -2.15. The van der Waals surface area contributed by atoms with Crippen LogP contribution in [-0.2, 0) is 10.0 Å². The highest BCUT2D eigenvalue weighted by molar-refractivity contribution is 7.92. The van der Waals surface area contributed by atoms with Crippen molar-refractivity contribution in [2.45, 2.75) is 11.8 Å². The average molecular weight is 331 g/mol. The zero-order chi connectivity index (χ0) is 15.6. The maximum atomic E-state index is 13.0. The van der Waals surface area contributed by atoms with E-state index in [1.807, 2.05) is 0 Å². The number of aryl methyl sites for hydroxylation is 1. The van der Waals surface area contributed by atoms with Crippen molar-refractivity contribution in [3.8, 4) is 0 Å². The Balaban J connectivity index is 2.36. The second-order valence-corrected chi connectivity index (χ2v) is 6.30. The molecule has 6 nitrogen and oxygen atoms in total. The van der Waals surface area contributed by atoms with Crippen molar-refractivity contribution in [2.24, 2.45) is 5.84 Å². The molecule has 0 aliphatic carbocycles. The van der Waals surface area contributed by atoms with Crippen LogP contribution >= 0.6 is 11.6 Å². The molecule has 21 heavy (non-hydrogen) atoms. The molecule has 0 aliphatic heterocycles. The second-order valence-electron chi connectivity index (χ2n) is 4.21. The molecule has 0 fully saturated rings. The third-order valence-electron chi connectivity index (χ3n) is 2.70. The van der Waals surface area contributed by atoms with Gasteiger partial charge in [0.05, 0.1) is 10.7 Å². The number of nitrogens with zero attached hydrogens (tertiary/aromatic N) is 1. The van der Waals surface area contributed by atoms with Gasteiger partial charge < -0.3 is 5.43 Å². The highest BCUT2D eigenvalue weighted by Crippen LogP contribution is 2.24. The summed E-state index contributed by atoms with van der Waals surface area (Å²) in [6.07, 6.45) is 1.11. The summed E-state index contributed by atoms with van der Waals surface area (Å²) in [4.78, 5) is 3.66. The number of nitrogen functional groups attached to an aromatic ring is 1. The van der Waals surface area contributed by atoms with Gasteiger partial charge in [-0.1, -0.05) is 11.6 Å². The van der Waals surface area contributed by atoms with Crippen LogP contribution in [0.5, 0.6) is 0 Å². The molecule has 0 saturated heterocycles. The van der Waals surface area contributed by atoms with Crippen molar-refractivity contribution >= 4 is 33.1 Å². The van der Waals surface area contributed by atoms with Crippen LogP contribution in [0.3, 0.4) is 0 Å². The molecule has 0 saturated carbocycles. The summed E-state index contributed by atoms with van der Waals surface area (Å²) in [5, 5.41) is 0.0659. The number of hydrogen-bond donors (Lipinski definition) is 3. The van der Waals surface area contributed by atoms with Crippen molar-refractivity contribution < 1.29 is 12.8 Å². The molecule has 0 radical (unpaired) electrons. The zero-order valence-corrected chi connectivity index (χ0v) is 12.5. The predicted molar refractivity (Wildman–Crippen MR) is 79.0 cm³/mol. The number of nitrogens with two attached hydrogens (primary N) is 1. The van der Waals surface area contributed by atoms with Crippen molar-refractivity contribution in [3.05, 3.63) is 46.9 Å². The molecule has 0 bridgehead atoms. The predicted octanol–water partition coefficient (Wildman–Crippen LogP) is 2.27. The molecular formula is C12H12ClFN4O2S. The number of benzene rings is 1. The number of halogens is 2. The van der Waals surface area contributed by atoms with Crippen molar-refractivity contribution in [3.63, 3.8) is 0 Å². The Morgan fingerprint density at radius 3 is 2.62 bits per heavy atom. The first-order chi connectivity index (χ1) is 9.83. The van der Waals surface area contributed by atoms with E-state index in [2.05, 4.69) is 15.1 Å². The van der Waals surface area contributed by atoms with Crippen molar-refractivity contribution in [2.75, 3.05) is 10.1 Å². The van der Waals surface area contributed by atoms with E-state index in [4.69, 9.17) is 17.4 Å². The fourth-order valence-corrected chi connectivity index (χ4v) is 3.01. The fraction of sp³-hybridized carbons (Fsp3) is 0.0833. The van der Waals surface area contributed by atoms with E-state index in [9.17, 15) is 12.8 Å². The molecule has 0 amide bonds. The van der Waals surface area contributed by atoms with Gasteiger partial charge in [-0.15, -0.1) is 0 Å². The Morgan fingerprint density at radius 2 is 2.05 bits per heavy atom. The Bertz CT molecular complexity index is 783. The van der Waals surface area contributed by atoms with Crippen LogP contribution < -0.4 is 16.0 Å². The number of aromatic nitrogens is 1. The van der Waals surface area contributed by atoms with Gasteiger partial charge in [0.25, 0.3) is 10.0 Å². The van der Waals surface area contributed by atoms with E-state index in [0.717, 1.165) is 12.3 Å². The molecule has 1 heterocycles. The third-order valence-corrected chi connectivity index (χ3v) is 4.32. The summed E-state index contributed by atoms with van der Waals surface area (Å²) in [6.45, 7) is 1.59. The minimum absolute atomic E-state index is 0.0659. The van der Waals surface area contributed by atoms with E-state index in [1.165, 1.54) is 18.2 Å². The number of sulfonamides is 1. The van der Waals surface area contributed by atoms with E-state index in [0.29, 0.717) is 5.56 Å². The second kappa shape index (κ2) is 5.84. The van der Waals surface area contributed by atoms with Crippen LogP contribution in [0, 0.1) is 12.7 Å². The monoisotopic (exact) mass is 330 g/mol. The zero-order valence-electron chi connectivity index (χ0n) is 10.9. The SMILES string of the molecule is Cc1cc(F)ccc1NS(=O)(=O)c1cnc(NN)c(Cl)c1. The largest absolute Gasteiger partial charge is 0.307 e. The molecule has 1 aromatic carbocycles. The standard InChI is InChI=1S/C12H12ClFN4O2S/c1-7-4-8(14)2-3-11(7)18-21(19,20)9-5-10(13)12(17-15)16-6-9/h2-6,18H,15H2,1H3,(H,16,17). The molecule has 2 rings (SSSR count). The highest BCUT2D eigenvalue weighted by atomic mass is 35.5. The summed E-state index contributed by atoms with van der Waals surface area (Å²) < 4.78 is 39.8. The molecule has 0 spiro atoms. The third kappa shape index (κ3) is 3.41. The number of rotatable bonds is 4. The smallest absolute Gasteiger partial charge is 0.263 e. The summed E-state index contributed by atoms with van der Waals surface area (Å²) >= 11 is 5.84. The maximum Gasteiger partial charge on any atom is 0.263 e. The molecule has 0 aliphatic rings. The molecule has 0 unspecified atom stereocenters. The van der Waals surface area contributed by atoms with Crippen molar-refractivity contribution in [1.82, 2.24) is 4.98 Å². The molecular weight excluding hydrogens is 319 g/mol. The molecule has 112 valence electrons. The van der Waals surface area contributed by atoms with Crippen LogP contribution in [0.15, 0.2) is 35.4 Å². The van der Waals surface area contributed by atoms with E-state index < -0.39 is 15.8 Å². The molecule has 2 aromatic rings. The highest BCUT2D eigenvalue weighted by Gasteiger charge is 2.17. The van der Waals surface area contributed by atoms with E-state index in [1.54, 1.807) is 6.92 Å². The van der Waals surface area contributed by atoms with Crippen LogP contribution in [0.4, 0.5) is 15.9 Å². The van der Waals surface area contributed by atoms with Crippen LogP contribution in [-0.4, -0.2) is 13.4 Å². The minimum atomic E-state index is -3.88. The maximum absolute atomic E-state index is 13.0. The molecule has 0 atom stereocenters. The average Bonchev–Trinajstić information content (AvgIpc) is 2.42. The summed E-state index contributed by atoms with van der Waals surface area (Å²) in [6, 6.07) is 4.94. The number of pyridine rings is 1. The Labute approximate surface area is 126 Å². The summed E-state index contributed by atoms with van der Waals surface area (Å²) in [5.74, 6) is 4.88. The molecule has 1 aromatic heterocycles. The lowest BCUT2D eigenvalue weighted by molar-refractivity contribution is 0.600. The number of hydrazine groups is 1. The van der Waals surface area contributed by atoms with Gasteiger partial charge in [-0.05, 0) is 36.8 Å². The van der Waals surface area contributed by atoms with Crippen molar-refractivity contribution in [1.29, 1.82) is 0 Å². The lowest BCUT2D eigenvalue weighted by atomic mass is 10.2. The first-order valence-corrected chi connectivity index (χ1v) is 7.61. The Kier molecular flexibility index (Phi) is 4.31. The summed E-state index contributed by atoms with van der Waals surface area (Å²) in [7, 11) is -3.88. The summed E-state index contributed by atoms with van der Waals surface area (Å²) in [5.41, 5.74) is 2.97. The van der Waals surface area contributed by atoms with E-state index >= 15 is 0 Å². The molecule has 4 N–H and O–H groups in total. The van der Waals surface area contributed by atoms with Crippen LogP contribution in [0.25, 0.3) is 0 Å². The van der Waals surface area contributed by atoms with Crippen LogP contribution in [0.2, 0.25) is 5.02 Å². The van der Waals surface area contributed by atoms with E-state index in [-0.39, 0.29) is 21.4 Å². The van der Waals surface area contributed by atoms with Gasteiger partial charge in [-0.2, -0.15) is 0 Å². The van der Waals surface area contributed by atoms with Gasteiger partial charge >= 0.3 is 0 Å². The topological polar surface area (TPSA) is 97.1 Å².